The minimum atomic E-state index is 0.564. The summed E-state index contributed by atoms with van der Waals surface area (Å²) in [6.45, 7) is 2.07. The predicted octanol–water partition coefficient (Wildman–Crippen LogP) is 3.34. The molecule has 1 aliphatic heterocycles. The highest BCUT2D eigenvalue weighted by molar-refractivity contribution is 5.80. The SMILES string of the molecule is CC1=C(Nc2nccc(C3=CC=CN=CC3)n2)C=C(N)C=CC1. The van der Waals surface area contributed by atoms with Gasteiger partial charge in [0.2, 0.25) is 5.95 Å². The van der Waals surface area contributed by atoms with Gasteiger partial charge in [-0.3, -0.25) is 4.99 Å². The van der Waals surface area contributed by atoms with Gasteiger partial charge in [0.15, 0.2) is 0 Å². The number of nitrogens with two attached hydrogens (primary N) is 1. The van der Waals surface area contributed by atoms with Gasteiger partial charge in [0.05, 0.1) is 5.69 Å². The van der Waals surface area contributed by atoms with Gasteiger partial charge in [-0.05, 0) is 48.8 Å². The summed E-state index contributed by atoms with van der Waals surface area (Å²) < 4.78 is 0. The van der Waals surface area contributed by atoms with Crippen LogP contribution in [0.3, 0.4) is 0 Å². The van der Waals surface area contributed by atoms with E-state index in [1.165, 1.54) is 5.57 Å². The highest BCUT2D eigenvalue weighted by atomic mass is 15.1. The molecule has 2 aliphatic rings. The molecular weight excluding hydrogens is 286 g/mol. The monoisotopic (exact) mass is 305 g/mol. The molecule has 0 bridgehead atoms. The van der Waals surface area contributed by atoms with Crippen molar-refractivity contribution in [1.29, 1.82) is 0 Å². The molecule has 2 heterocycles. The molecule has 5 heteroatoms. The molecule has 3 N–H and O–H groups in total. The van der Waals surface area contributed by atoms with Crippen LogP contribution in [0.2, 0.25) is 0 Å². The Morgan fingerprint density at radius 1 is 1.26 bits per heavy atom. The van der Waals surface area contributed by atoms with Gasteiger partial charge in [0, 0.05) is 36.4 Å². The summed E-state index contributed by atoms with van der Waals surface area (Å²) in [5, 5.41) is 3.28. The van der Waals surface area contributed by atoms with Crippen LogP contribution in [0, 0.1) is 0 Å². The number of hydrogen-bond acceptors (Lipinski definition) is 5. The molecule has 0 radical (unpaired) electrons. The first-order valence-electron chi connectivity index (χ1n) is 7.53. The lowest BCUT2D eigenvalue weighted by Crippen LogP contribution is -2.06. The maximum atomic E-state index is 5.93. The van der Waals surface area contributed by atoms with E-state index in [2.05, 4.69) is 33.3 Å². The van der Waals surface area contributed by atoms with E-state index in [1.54, 1.807) is 12.4 Å². The van der Waals surface area contributed by atoms with E-state index >= 15 is 0 Å². The Kier molecular flexibility index (Phi) is 4.47. The van der Waals surface area contributed by atoms with E-state index < -0.39 is 0 Å². The van der Waals surface area contributed by atoms with Crippen LogP contribution in [0.25, 0.3) is 5.57 Å². The van der Waals surface area contributed by atoms with Crippen molar-refractivity contribution < 1.29 is 0 Å². The maximum Gasteiger partial charge on any atom is 0.227 e. The Morgan fingerprint density at radius 3 is 3.09 bits per heavy atom. The van der Waals surface area contributed by atoms with Gasteiger partial charge in [0.1, 0.15) is 0 Å². The molecule has 1 aromatic rings. The molecule has 23 heavy (non-hydrogen) atoms. The Bertz CT molecular complexity index is 778. The number of aliphatic imine (C=N–C) groups is 1. The van der Waals surface area contributed by atoms with E-state index in [0.717, 1.165) is 29.8 Å². The van der Waals surface area contributed by atoms with Crippen LogP contribution in [0.1, 0.15) is 25.5 Å². The van der Waals surface area contributed by atoms with Gasteiger partial charge in [-0.1, -0.05) is 12.2 Å². The number of hydrogen-bond donors (Lipinski definition) is 2. The van der Waals surface area contributed by atoms with Gasteiger partial charge >= 0.3 is 0 Å². The first-order chi connectivity index (χ1) is 11.2. The lowest BCUT2D eigenvalue weighted by Gasteiger charge is -2.10. The summed E-state index contributed by atoms with van der Waals surface area (Å²) in [5.74, 6) is 0.564. The van der Waals surface area contributed by atoms with E-state index in [4.69, 9.17) is 5.73 Å². The Morgan fingerprint density at radius 2 is 2.17 bits per heavy atom. The maximum absolute atomic E-state index is 5.93. The van der Waals surface area contributed by atoms with Crippen molar-refractivity contribution in [3.05, 3.63) is 71.5 Å². The fraction of sp³-hybridized carbons (Fsp3) is 0.167. The highest BCUT2D eigenvalue weighted by Crippen LogP contribution is 2.20. The Labute approximate surface area is 135 Å². The van der Waals surface area contributed by atoms with Crippen molar-refractivity contribution in [1.82, 2.24) is 9.97 Å². The number of aromatic nitrogens is 2. The number of rotatable bonds is 3. The summed E-state index contributed by atoms with van der Waals surface area (Å²) in [6.07, 6.45) is 16.8. The van der Waals surface area contributed by atoms with Gasteiger partial charge in [-0.15, -0.1) is 0 Å². The van der Waals surface area contributed by atoms with Gasteiger partial charge < -0.3 is 11.1 Å². The van der Waals surface area contributed by atoms with Gasteiger partial charge in [-0.25, -0.2) is 9.97 Å². The Balaban J connectivity index is 1.86. The van der Waals surface area contributed by atoms with E-state index in [0.29, 0.717) is 11.6 Å². The highest BCUT2D eigenvalue weighted by Gasteiger charge is 2.08. The van der Waals surface area contributed by atoms with Crippen LogP contribution >= 0.6 is 0 Å². The minimum absolute atomic E-state index is 0.564. The fourth-order valence-corrected chi connectivity index (χ4v) is 2.36. The lowest BCUT2D eigenvalue weighted by molar-refractivity contribution is 1.10. The van der Waals surface area contributed by atoms with Crippen LogP contribution in [0.5, 0.6) is 0 Å². The molecule has 1 aromatic heterocycles. The molecule has 116 valence electrons. The molecule has 5 nitrogen and oxygen atoms in total. The largest absolute Gasteiger partial charge is 0.399 e. The molecule has 0 amide bonds. The first-order valence-corrected chi connectivity index (χ1v) is 7.53. The molecule has 1 aliphatic carbocycles. The molecule has 0 unspecified atom stereocenters. The second kappa shape index (κ2) is 6.87. The third-order valence-electron chi connectivity index (χ3n) is 3.62. The van der Waals surface area contributed by atoms with Crippen LogP contribution < -0.4 is 11.1 Å². The topological polar surface area (TPSA) is 76.2 Å². The van der Waals surface area contributed by atoms with E-state index in [1.807, 2.05) is 36.6 Å². The average Bonchev–Trinajstić information content (AvgIpc) is 2.90. The third-order valence-corrected chi connectivity index (χ3v) is 3.62. The lowest BCUT2D eigenvalue weighted by atomic mass is 10.1. The average molecular weight is 305 g/mol. The second-order valence-corrected chi connectivity index (χ2v) is 5.40. The molecule has 0 aromatic carbocycles. The quantitative estimate of drug-likeness (QED) is 0.898. The number of allylic oxidation sites excluding steroid dienone is 7. The number of anilines is 1. The van der Waals surface area contributed by atoms with E-state index in [-0.39, 0.29) is 0 Å². The normalized spacial score (nSPS) is 17.4. The zero-order valence-electron chi connectivity index (χ0n) is 13.0. The summed E-state index contributed by atoms with van der Waals surface area (Å²) >= 11 is 0. The number of nitrogens with zero attached hydrogens (tertiary/aromatic N) is 3. The Hall–Kier alpha value is -2.95. The van der Waals surface area contributed by atoms with Crippen molar-refractivity contribution in [2.24, 2.45) is 10.7 Å². The zero-order valence-corrected chi connectivity index (χ0v) is 13.0. The molecule has 0 saturated heterocycles. The van der Waals surface area contributed by atoms with E-state index in [9.17, 15) is 0 Å². The molecule has 3 rings (SSSR count). The molecule has 0 fully saturated rings. The summed E-state index contributed by atoms with van der Waals surface area (Å²) in [4.78, 5) is 13.1. The summed E-state index contributed by atoms with van der Waals surface area (Å²) in [5.41, 5.74) is 10.8. The third kappa shape index (κ3) is 3.83. The van der Waals surface area contributed by atoms with Crippen LogP contribution in [0.4, 0.5) is 5.95 Å². The van der Waals surface area contributed by atoms with Crippen LogP contribution in [0.15, 0.2) is 70.8 Å². The molecule has 0 spiro atoms. The predicted molar refractivity (Wildman–Crippen MR) is 94.6 cm³/mol. The smallest absolute Gasteiger partial charge is 0.227 e. The summed E-state index contributed by atoms with van der Waals surface area (Å²) in [6, 6.07) is 1.91. The first kappa shape index (κ1) is 15.0. The van der Waals surface area contributed by atoms with Crippen molar-refractivity contribution in [2.45, 2.75) is 19.8 Å². The van der Waals surface area contributed by atoms with Gasteiger partial charge in [0.25, 0.3) is 0 Å². The van der Waals surface area contributed by atoms with Crippen molar-refractivity contribution in [3.63, 3.8) is 0 Å². The minimum Gasteiger partial charge on any atom is -0.399 e. The van der Waals surface area contributed by atoms with Gasteiger partial charge in [-0.2, -0.15) is 0 Å². The van der Waals surface area contributed by atoms with Crippen molar-refractivity contribution >= 4 is 17.7 Å². The summed E-state index contributed by atoms with van der Waals surface area (Å²) in [7, 11) is 0. The van der Waals surface area contributed by atoms with Crippen molar-refractivity contribution in [3.8, 4) is 0 Å². The fourth-order valence-electron chi connectivity index (χ4n) is 2.36. The molecule has 0 atom stereocenters. The zero-order chi connectivity index (χ0) is 16.1. The van der Waals surface area contributed by atoms with Crippen LogP contribution in [-0.2, 0) is 0 Å². The van der Waals surface area contributed by atoms with Crippen molar-refractivity contribution in [2.75, 3.05) is 5.32 Å². The second-order valence-electron chi connectivity index (χ2n) is 5.40. The van der Waals surface area contributed by atoms with Crippen LogP contribution in [-0.4, -0.2) is 16.2 Å². The molecular formula is C18H19N5. The number of nitrogens with one attached hydrogen (secondary N) is 1. The standard InChI is InChI=1S/C18H19N5/c1-13-4-2-6-15(19)12-17(13)23-18-21-11-8-16(22-18)14-5-3-9-20-10-7-14/h2-3,5-6,8-12H,4,7,19H2,1H3,(H,21,22,23). The molecule has 0 saturated carbocycles.